The van der Waals surface area contributed by atoms with Crippen molar-refractivity contribution in [2.45, 2.75) is 13.3 Å². The molecule has 1 N–H and O–H groups in total. The monoisotopic (exact) mass is 312 g/mol. The van der Waals surface area contributed by atoms with E-state index >= 15 is 0 Å². The van der Waals surface area contributed by atoms with Crippen LogP contribution in [-0.2, 0) is 13.5 Å². The first-order valence-electron chi connectivity index (χ1n) is 7.36. The highest BCUT2D eigenvalue weighted by Crippen LogP contribution is 2.16. The van der Waals surface area contributed by atoms with Crippen molar-refractivity contribution in [2.75, 3.05) is 6.54 Å². The van der Waals surface area contributed by atoms with E-state index in [9.17, 15) is 9.18 Å². The van der Waals surface area contributed by atoms with Gasteiger partial charge >= 0.3 is 0 Å². The summed E-state index contributed by atoms with van der Waals surface area (Å²) in [6.07, 6.45) is 2.12. The van der Waals surface area contributed by atoms with Gasteiger partial charge in [0, 0.05) is 25.2 Å². The number of aryl methyl sites for hydroxylation is 2. The van der Waals surface area contributed by atoms with E-state index in [-0.39, 0.29) is 11.7 Å². The zero-order chi connectivity index (χ0) is 16.4. The first-order valence-corrected chi connectivity index (χ1v) is 7.36. The number of carbonyl (C=O) groups is 1. The first kappa shape index (κ1) is 15.1. The molecule has 5 nitrogen and oxygen atoms in total. The molecule has 3 rings (SSSR count). The van der Waals surface area contributed by atoms with E-state index in [2.05, 4.69) is 15.4 Å². The lowest BCUT2D eigenvalue weighted by Crippen LogP contribution is -2.25. The minimum atomic E-state index is -0.268. The molecule has 3 aromatic rings. The molecule has 118 valence electrons. The van der Waals surface area contributed by atoms with E-state index in [1.807, 2.05) is 20.0 Å². The van der Waals surface area contributed by atoms with Crippen LogP contribution in [0.15, 0.2) is 36.5 Å². The second-order valence-electron chi connectivity index (χ2n) is 5.44. The quantitative estimate of drug-likeness (QED) is 0.804. The Balaban J connectivity index is 1.67. The average Bonchev–Trinajstić information content (AvgIpc) is 2.81. The molecule has 0 atom stereocenters. The van der Waals surface area contributed by atoms with E-state index in [1.54, 1.807) is 23.0 Å². The van der Waals surface area contributed by atoms with Gasteiger partial charge in [0.05, 0.1) is 11.3 Å². The lowest BCUT2D eigenvalue weighted by molar-refractivity contribution is 0.0954. The van der Waals surface area contributed by atoms with Gasteiger partial charge in [-0.3, -0.25) is 9.48 Å². The van der Waals surface area contributed by atoms with Crippen LogP contribution in [0.25, 0.3) is 11.0 Å². The standard InChI is InChI=1S/C17H17FN4O/c1-11-15-9-13(10-20-16(15)22(2)21-11)17(23)19-7-6-12-4-3-5-14(18)8-12/h3-5,8-10H,6-7H2,1-2H3,(H,19,23). The molecule has 0 fully saturated rings. The molecule has 0 spiro atoms. The Bertz CT molecular complexity index is 872. The van der Waals surface area contributed by atoms with Crippen LogP contribution >= 0.6 is 0 Å². The van der Waals surface area contributed by atoms with Crippen molar-refractivity contribution in [1.82, 2.24) is 20.1 Å². The molecule has 0 bridgehead atoms. The number of hydrogen-bond acceptors (Lipinski definition) is 3. The summed E-state index contributed by atoms with van der Waals surface area (Å²) in [5, 5.41) is 7.98. The van der Waals surface area contributed by atoms with Gasteiger partial charge in [0.25, 0.3) is 5.91 Å². The van der Waals surface area contributed by atoms with Crippen molar-refractivity contribution in [3.8, 4) is 0 Å². The topological polar surface area (TPSA) is 59.8 Å². The molecular formula is C17H17FN4O. The Labute approximate surface area is 133 Å². The molecule has 23 heavy (non-hydrogen) atoms. The zero-order valence-corrected chi connectivity index (χ0v) is 13.0. The van der Waals surface area contributed by atoms with Gasteiger partial charge in [-0.1, -0.05) is 12.1 Å². The number of nitrogens with zero attached hydrogens (tertiary/aromatic N) is 3. The smallest absolute Gasteiger partial charge is 0.252 e. The lowest BCUT2D eigenvalue weighted by Gasteiger charge is -2.06. The van der Waals surface area contributed by atoms with Crippen LogP contribution < -0.4 is 5.32 Å². The third-order valence-corrected chi connectivity index (χ3v) is 3.71. The van der Waals surface area contributed by atoms with Crippen LogP contribution in [0, 0.1) is 12.7 Å². The van der Waals surface area contributed by atoms with Gasteiger partial charge in [-0.05, 0) is 37.1 Å². The number of fused-ring (bicyclic) bond motifs is 1. The predicted molar refractivity (Wildman–Crippen MR) is 85.7 cm³/mol. The van der Waals surface area contributed by atoms with E-state index in [0.717, 1.165) is 22.3 Å². The van der Waals surface area contributed by atoms with Crippen molar-refractivity contribution < 1.29 is 9.18 Å². The molecule has 0 aliphatic heterocycles. The second-order valence-corrected chi connectivity index (χ2v) is 5.44. The number of carbonyl (C=O) groups excluding carboxylic acids is 1. The molecule has 1 aromatic carbocycles. The van der Waals surface area contributed by atoms with Gasteiger partial charge in [-0.25, -0.2) is 9.37 Å². The molecule has 1 amide bonds. The van der Waals surface area contributed by atoms with Crippen molar-refractivity contribution >= 4 is 16.9 Å². The van der Waals surface area contributed by atoms with Crippen LogP contribution in [-0.4, -0.2) is 27.2 Å². The molecule has 0 saturated carbocycles. The van der Waals surface area contributed by atoms with Gasteiger partial charge in [0.1, 0.15) is 5.82 Å². The molecule has 6 heteroatoms. The Hall–Kier alpha value is -2.76. The number of aromatic nitrogens is 3. The fourth-order valence-electron chi connectivity index (χ4n) is 2.55. The summed E-state index contributed by atoms with van der Waals surface area (Å²) in [5.74, 6) is -0.463. The second kappa shape index (κ2) is 6.16. The first-order chi connectivity index (χ1) is 11.0. The van der Waals surface area contributed by atoms with Crippen molar-refractivity contribution in [1.29, 1.82) is 0 Å². The van der Waals surface area contributed by atoms with Crippen LogP contribution in [0.3, 0.4) is 0 Å². The summed E-state index contributed by atoms with van der Waals surface area (Å²) in [4.78, 5) is 16.5. The molecule has 0 aliphatic carbocycles. The molecule has 0 aliphatic rings. The zero-order valence-electron chi connectivity index (χ0n) is 13.0. The van der Waals surface area contributed by atoms with Gasteiger partial charge in [-0.15, -0.1) is 0 Å². The summed E-state index contributed by atoms with van der Waals surface area (Å²) in [6.45, 7) is 2.32. The average molecular weight is 312 g/mol. The number of nitrogens with one attached hydrogen (secondary N) is 1. The molecule has 2 aromatic heterocycles. The summed E-state index contributed by atoms with van der Waals surface area (Å²) >= 11 is 0. The summed E-state index contributed by atoms with van der Waals surface area (Å²) < 4.78 is 14.8. The highest BCUT2D eigenvalue weighted by atomic mass is 19.1. The third kappa shape index (κ3) is 3.21. The summed E-state index contributed by atoms with van der Waals surface area (Å²) in [6, 6.07) is 8.16. The Morgan fingerprint density at radius 2 is 2.17 bits per heavy atom. The minimum absolute atomic E-state index is 0.195. The maximum atomic E-state index is 13.1. The maximum absolute atomic E-state index is 13.1. The Kier molecular flexibility index (Phi) is 4.06. The van der Waals surface area contributed by atoms with Crippen molar-refractivity contribution in [3.05, 3.63) is 59.2 Å². The Morgan fingerprint density at radius 1 is 1.35 bits per heavy atom. The summed E-state index contributed by atoms with van der Waals surface area (Å²) in [5.41, 5.74) is 2.93. The molecule has 0 radical (unpaired) electrons. The van der Waals surface area contributed by atoms with Gasteiger partial charge < -0.3 is 5.32 Å². The van der Waals surface area contributed by atoms with Gasteiger partial charge in [0.15, 0.2) is 5.65 Å². The van der Waals surface area contributed by atoms with Crippen LogP contribution in [0.2, 0.25) is 0 Å². The van der Waals surface area contributed by atoms with E-state index in [4.69, 9.17) is 0 Å². The van der Waals surface area contributed by atoms with Crippen LogP contribution in [0.4, 0.5) is 4.39 Å². The molecular weight excluding hydrogens is 295 g/mol. The normalized spacial score (nSPS) is 10.9. The summed E-state index contributed by atoms with van der Waals surface area (Å²) in [7, 11) is 1.82. The number of rotatable bonds is 4. The lowest BCUT2D eigenvalue weighted by atomic mass is 10.1. The van der Waals surface area contributed by atoms with Crippen LogP contribution in [0.1, 0.15) is 21.6 Å². The molecule has 0 saturated heterocycles. The fourth-order valence-corrected chi connectivity index (χ4v) is 2.55. The minimum Gasteiger partial charge on any atom is -0.352 e. The SMILES string of the molecule is Cc1nn(C)c2ncc(C(=O)NCCc3cccc(F)c3)cc12. The van der Waals surface area contributed by atoms with Gasteiger partial charge in [0.2, 0.25) is 0 Å². The van der Waals surface area contributed by atoms with Crippen LogP contribution in [0.5, 0.6) is 0 Å². The van der Waals surface area contributed by atoms with Crippen molar-refractivity contribution in [3.63, 3.8) is 0 Å². The highest BCUT2D eigenvalue weighted by Gasteiger charge is 2.11. The molecule has 0 unspecified atom stereocenters. The molecule has 2 heterocycles. The highest BCUT2D eigenvalue weighted by molar-refractivity contribution is 5.97. The van der Waals surface area contributed by atoms with E-state index < -0.39 is 0 Å². The van der Waals surface area contributed by atoms with Gasteiger partial charge in [-0.2, -0.15) is 5.10 Å². The number of halogens is 1. The largest absolute Gasteiger partial charge is 0.352 e. The predicted octanol–water partition coefficient (Wildman–Crippen LogP) is 2.39. The fraction of sp³-hybridized carbons (Fsp3) is 0.235. The number of benzene rings is 1. The number of pyridine rings is 1. The number of amides is 1. The van der Waals surface area contributed by atoms with Crippen molar-refractivity contribution in [2.24, 2.45) is 7.05 Å². The Morgan fingerprint density at radius 3 is 2.96 bits per heavy atom. The number of hydrogen-bond donors (Lipinski definition) is 1. The maximum Gasteiger partial charge on any atom is 0.252 e. The van der Waals surface area contributed by atoms with E-state index in [1.165, 1.54) is 12.1 Å². The van der Waals surface area contributed by atoms with E-state index in [0.29, 0.717) is 18.5 Å². The third-order valence-electron chi connectivity index (χ3n) is 3.71.